The highest BCUT2D eigenvalue weighted by Gasteiger charge is 2.45. The summed E-state index contributed by atoms with van der Waals surface area (Å²) in [4.78, 5) is 0. The first-order valence-electron chi connectivity index (χ1n) is 14.9. The van der Waals surface area contributed by atoms with Gasteiger partial charge in [0.25, 0.3) is 0 Å². The first kappa shape index (κ1) is 26.8. The van der Waals surface area contributed by atoms with Gasteiger partial charge >= 0.3 is 0 Å². The number of hydrogen-bond acceptors (Lipinski definition) is 2. The molecule has 0 radical (unpaired) electrons. The maximum atomic E-state index is 15.6. The van der Waals surface area contributed by atoms with Crippen molar-refractivity contribution in [2.24, 2.45) is 40.9 Å². The van der Waals surface area contributed by atoms with Crippen LogP contribution in [0.25, 0.3) is 0 Å². The van der Waals surface area contributed by atoms with Gasteiger partial charge in [-0.3, -0.25) is 0 Å². The maximum Gasteiger partial charge on any atom is 0.159 e. The van der Waals surface area contributed by atoms with Gasteiger partial charge in [0.15, 0.2) is 6.17 Å². The van der Waals surface area contributed by atoms with Crippen LogP contribution >= 0.6 is 0 Å². The lowest BCUT2D eigenvalue weighted by molar-refractivity contribution is 0.0549. The fraction of sp³-hybridized carbons (Fsp3) is 0.812. The van der Waals surface area contributed by atoms with Crippen LogP contribution in [0.4, 0.5) is 4.39 Å². The zero-order valence-corrected chi connectivity index (χ0v) is 23.0. The minimum Gasteiger partial charge on any atom is -0.495 e. The first-order chi connectivity index (χ1) is 16.8. The Kier molecular flexibility index (Phi) is 9.09. The molecule has 0 amide bonds. The summed E-state index contributed by atoms with van der Waals surface area (Å²) >= 11 is 0. The molecule has 4 aliphatic rings. The van der Waals surface area contributed by atoms with Crippen LogP contribution in [0.15, 0.2) is 36.3 Å². The minimum absolute atomic E-state index is 0.0247. The molecule has 0 spiro atoms. The van der Waals surface area contributed by atoms with Crippen LogP contribution in [-0.2, 0) is 4.74 Å². The van der Waals surface area contributed by atoms with E-state index >= 15 is 4.39 Å². The Morgan fingerprint density at radius 3 is 2.46 bits per heavy atom. The van der Waals surface area contributed by atoms with Crippen molar-refractivity contribution in [3.05, 3.63) is 36.3 Å². The Balaban J connectivity index is 1.44. The third-order valence-electron chi connectivity index (χ3n) is 10.2. The van der Waals surface area contributed by atoms with E-state index in [0.717, 1.165) is 12.8 Å². The second kappa shape index (κ2) is 11.9. The number of allylic oxidation sites excluding steroid dienone is 4. The average molecular weight is 486 g/mol. The predicted octanol–water partition coefficient (Wildman–Crippen LogP) is 8.75. The van der Waals surface area contributed by atoms with Gasteiger partial charge in [-0.25, -0.2) is 4.39 Å². The molecule has 0 aromatic heterocycles. The van der Waals surface area contributed by atoms with Crippen molar-refractivity contribution in [2.75, 3.05) is 6.61 Å². The molecule has 6 atom stereocenters. The molecule has 1 heterocycles. The first-order valence-corrected chi connectivity index (χ1v) is 14.9. The molecule has 0 aromatic carbocycles. The zero-order valence-electron chi connectivity index (χ0n) is 23.0. The molecular weight excluding hydrogens is 433 g/mol. The summed E-state index contributed by atoms with van der Waals surface area (Å²) in [6.45, 7) is 14.1. The molecule has 2 nitrogen and oxygen atoms in total. The van der Waals surface area contributed by atoms with Gasteiger partial charge in [0.05, 0.1) is 6.61 Å². The highest BCUT2D eigenvalue weighted by Crippen LogP contribution is 2.47. The molecule has 6 unspecified atom stereocenters. The molecule has 2 saturated carbocycles. The van der Waals surface area contributed by atoms with E-state index in [0.29, 0.717) is 48.0 Å². The van der Waals surface area contributed by atoms with E-state index < -0.39 is 6.17 Å². The van der Waals surface area contributed by atoms with Gasteiger partial charge in [-0.1, -0.05) is 78.4 Å². The van der Waals surface area contributed by atoms with E-state index in [1.165, 1.54) is 69.9 Å². The minimum atomic E-state index is -0.985. The molecule has 3 aliphatic carbocycles. The van der Waals surface area contributed by atoms with E-state index in [1.807, 2.05) is 0 Å². The number of halogens is 1. The molecule has 35 heavy (non-hydrogen) atoms. The van der Waals surface area contributed by atoms with Crippen LogP contribution in [-0.4, -0.2) is 18.8 Å². The molecule has 198 valence electrons. The number of nitrogens with one attached hydrogen (secondary N) is 1. The molecule has 4 rings (SSSR count). The third kappa shape index (κ3) is 6.02. The van der Waals surface area contributed by atoms with Gasteiger partial charge in [0.1, 0.15) is 5.76 Å². The summed E-state index contributed by atoms with van der Waals surface area (Å²) < 4.78 is 21.7. The lowest BCUT2D eigenvalue weighted by atomic mass is 9.62. The molecule has 2 fully saturated rings. The highest BCUT2D eigenvalue weighted by atomic mass is 19.1. The van der Waals surface area contributed by atoms with Gasteiger partial charge in [0, 0.05) is 17.2 Å². The van der Waals surface area contributed by atoms with E-state index in [2.05, 4.69) is 57.8 Å². The summed E-state index contributed by atoms with van der Waals surface area (Å²) in [5.41, 5.74) is 1.54. The summed E-state index contributed by atoms with van der Waals surface area (Å²) in [6.07, 6.45) is 20.8. The highest BCUT2D eigenvalue weighted by molar-refractivity contribution is 5.19. The molecule has 0 aromatic rings. The summed E-state index contributed by atoms with van der Waals surface area (Å²) in [5.74, 6) is 3.09. The molecular formula is C32H52FNO. The van der Waals surface area contributed by atoms with Crippen molar-refractivity contribution in [1.82, 2.24) is 5.32 Å². The zero-order chi connectivity index (χ0) is 25.0. The quantitative estimate of drug-likeness (QED) is 0.347. The van der Waals surface area contributed by atoms with E-state index in [1.54, 1.807) is 0 Å². The Hall–Kier alpha value is -1.25. The van der Waals surface area contributed by atoms with Crippen molar-refractivity contribution in [3.8, 4) is 0 Å². The monoisotopic (exact) mass is 485 g/mol. The van der Waals surface area contributed by atoms with Gasteiger partial charge < -0.3 is 10.1 Å². The van der Waals surface area contributed by atoms with Gasteiger partial charge in [-0.05, 0) is 80.1 Å². The fourth-order valence-electron chi connectivity index (χ4n) is 7.75. The van der Waals surface area contributed by atoms with Gasteiger partial charge in [-0.15, -0.1) is 6.58 Å². The standard InChI is InChI=1S/C32H52FNO/c1-6-32(17-11-8-12-18-32)31-27(22(2)3)16-15-26(34-31)20-28-23(4)19-29(30(33)24(28)5)35-21-25-13-9-7-10-14-25/h6,15,19,22-25,27-28,30-31,34H,1,7-14,16-18,20-21H2,2-5H3. The number of ether oxygens (including phenoxy) is 1. The van der Waals surface area contributed by atoms with Crippen molar-refractivity contribution in [2.45, 2.75) is 117 Å². The Morgan fingerprint density at radius 1 is 1.11 bits per heavy atom. The van der Waals surface area contributed by atoms with Crippen LogP contribution in [0.3, 0.4) is 0 Å². The number of rotatable bonds is 8. The van der Waals surface area contributed by atoms with E-state index in [4.69, 9.17) is 4.74 Å². The second-order valence-corrected chi connectivity index (χ2v) is 12.9. The fourth-order valence-corrected chi connectivity index (χ4v) is 7.75. The van der Waals surface area contributed by atoms with E-state index in [-0.39, 0.29) is 11.3 Å². The molecule has 1 aliphatic heterocycles. The van der Waals surface area contributed by atoms with Crippen molar-refractivity contribution in [1.29, 1.82) is 0 Å². The Morgan fingerprint density at radius 2 is 1.80 bits per heavy atom. The molecule has 3 heteroatoms. The van der Waals surface area contributed by atoms with Gasteiger partial charge in [-0.2, -0.15) is 0 Å². The lowest BCUT2D eigenvalue weighted by Crippen LogP contribution is -2.53. The van der Waals surface area contributed by atoms with Gasteiger partial charge in [0.2, 0.25) is 0 Å². The normalized spacial score (nSPS) is 36.2. The topological polar surface area (TPSA) is 21.3 Å². The molecule has 1 N–H and O–H groups in total. The summed E-state index contributed by atoms with van der Waals surface area (Å²) in [5, 5.41) is 4.04. The van der Waals surface area contributed by atoms with Crippen LogP contribution in [0.2, 0.25) is 0 Å². The summed E-state index contributed by atoms with van der Waals surface area (Å²) in [7, 11) is 0. The Bertz CT molecular complexity index is 758. The van der Waals surface area contributed by atoms with Crippen molar-refractivity contribution < 1.29 is 9.13 Å². The molecule has 0 bridgehead atoms. The summed E-state index contributed by atoms with van der Waals surface area (Å²) in [6, 6.07) is 0.445. The smallest absolute Gasteiger partial charge is 0.159 e. The third-order valence-corrected chi connectivity index (χ3v) is 10.2. The second-order valence-electron chi connectivity index (χ2n) is 12.9. The van der Waals surface area contributed by atoms with Crippen LogP contribution in [0.5, 0.6) is 0 Å². The van der Waals surface area contributed by atoms with E-state index in [9.17, 15) is 0 Å². The van der Waals surface area contributed by atoms with Crippen LogP contribution in [0.1, 0.15) is 105 Å². The average Bonchev–Trinajstić information content (AvgIpc) is 2.88. The predicted molar refractivity (Wildman–Crippen MR) is 146 cm³/mol. The SMILES string of the molecule is C=CC1(C2NC(CC3C(C)C=C(OCC4CCCCC4)C(F)C3C)=CCC2C(C)C)CCCCC1. The van der Waals surface area contributed by atoms with Crippen LogP contribution < -0.4 is 5.32 Å². The maximum absolute atomic E-state index is 15.6. The van der Waals surface area contributed by atoms with Crippen molar-refractivity contribution in [3.63, 3.8) is 0 Å². The largest absolute Gasteiger partial charge is 0.495 e. The molecule has 0 saturated heterocycles. The number of hydrogen-bond donors (Lipinski definition) is 1. The van der Waals surface area contributed by atoms with Crippen molar-refractivity contribution >= 4 is 0 Å². The lowest BCUT2D eigenvalue weighted by Gasteiger charge is -2.49. The Labute approximate surface area is 215 Å². The van der Waals surface area contributed by atoms with Crippen LogP contribution in [0, 0.1) is 40.9 Å². The number of alkyl halides is 1.